The first-order valence-electron chi connectivity index (χ1n) is 5.63. The summed E-state index contributed by atoms with van der Waals surface area (Å²) in [6, 6.07) is 5.62. The lowest BCUT2D eigenvalue weighted by Crippen LogP contribution is -2.37. The SMILES string of the molecule is O=C(Nc1ccc(I)cc1Cl)[C@H]1CCCNC1. The van der Waals surface area contributed by atoms with Gasteiger partial charge in [-0.15, -0.1) is 0 Å². The lowest BCUT2D eigenvalue weighted by Gasteiger charge is -2.22. The van der Waals surface area contributed by atoms with Gasteiger partial charge in [0, 0.05) is 10.1 Å². The fourth-order valence-electron chi connectivity index (χ4n) is 1.90. The van der Waals surface area contributed by atoms with Gasteiger partial charge < -0.3 is 10.6 Å². The number of benzene rings is 1. The summed E-state index contributed by atoms with van der Waals surface area (Å²) in [7, 11) is 0. The third-order valence-electron chi connectivity index (χ3n) is 2.86. The Hall–Kier alpha value is -0.330. The Labute approximate surface area is 119 Å². The number of halogens is 2. The molecular formula is C12H14ClIN2O. The van der Waals surface area contributed by atoms with Crippen molar-refractivity contribution in [2.45, 2.75) is 12.8 Å². The molecule has 1 aromatic carbocycles. The quantitative estimate of drug-likeness (QED) is 0.792. The van der Waals surface area contributed by atoms with E-state index in [0.29, 0.717) is 10.7 Å². The molecule has 1 saturated heterocycles. The van der Waals surface area contributed by atoms with Gasteiger partial charge in [0.1, 0.15) is 0 Å². The minimum Gasteiger partial charge on any atom is -0.324 e. The third-order valence-corrected chi connectivity index (χ3v) is 3.84. The molecule has 0 unspecified atom stereocenters. The minimum absolute atomic E-state index is 0.0547. The van der Waals surface area contributed by atoms with Crippen LogP contribution in [-0.4, -0.2) is 19.0 Å². The van der Waals surface area contributed by atoms with Crippen molar-refractivity contribution in [2.24, 2.45) is 5.92 Å². The Bertz CT molecular complexity index is 419. The molecule has 0 radical (unpaired) electrons. The highest BCUT2D eigenvalue weighted by Crippen LogP contribution is 2.24. The van der Waals surface area contributed by atoms with Gasteiger partial charge in [-0.25, -0.2) is 0 Å². The van der Waals surface area contributed by atoms with Gasteiger partial charge in [-0.1, -0.05) is 11.6 Å². The van der Waals surface area contributed by atoms with E-state index in [9.17, 15) is 4.79 Å². The van der Waals surface area contributed by atoms with E-state index in [1.807, 2.05) is 18.2 Å². The van der Waals surface area contributed by atoms with Crippen LogP contribution in [-0.2, 0) is 4.79 Å². The van der Waals surface area contributed by atoms with E-state index in [0.717, 1.165) is 29.5 Å². The Balaban J connectivity index is 2.02. The molecule has 17 heavy (non-hydrogen) atoms. The van der Waals surface area contributed by atoms with E-state index >= 15 is 0 Å². The van der Waals surface area contributed by atoms with Crippen LogP contribution in [0.1, 0.15) is 12.8 Å². The number of carbonyl (C=O) groups excluding carboxylic acids is 1. The Morgan fingerprint density at radius 3 is 3.00 bits per heavy atom. The van der Waals surface area contributed by atoms with Crippen LogP contribution in [0, 0.1) is 9.49 Å². The van der Waals surface area contributed by atoms with Crippen molar-refractivity contribution in [3.05, 3.63) is 26.8 Å². The maximum absolute atomic E-state index is 12.0. The van der Waals surface area contributed by atoms with Gasteiger partial charge >= 0.3 is 0 Å². The van der Waals surface area contributed by atoms with Gasteiger partial charge in [0.05, 0.1) is 16.6 Å². The lowest BCUT2D eigenvalue weighted by atomic mass is 9.99. The molecule has 0 saturated carbocycles. The summed E-state index contributed by atoms with van der Waals surface area (Å²) in [6.07, 6.45) is 2.00. The van der Waals surface area contributed by atoms with Crippen molar-refractivity contribution < 1.29 is 4.79 Å². The Morgan fingerprint density at radius 2 is 2.35 bits per heavy atom. The smallest absolute Gasteiger partial charge is 0.228 e. The predicted molar refractivity (Wildman–Crippen MR) is 78.4 cm³/mol. The van der Waals surface area contributed by atoms with E-state index in [-0.39, 0.29) is 11.8 Å². The van der Waals surface area contributed by atoms with Crippen molar-refractivity contribution >= 4 is 45.8 Å². The van der Waals surface area contributed by atoms with E-state index in [2.05, 4.69) is 33.2 Å². The molecule has 0 spiro atoms. The summed E-state index contributed by atoms with van der Waals surface area (Å²) in [5, 5.41) is 6.71. The second-order valence-electron chi connectivity index (χ2n) is 4.16. The Kier molecular flexibility index (Phi) is 4.64. The molecule has 92 valence electrons. The number of hydrogen-bond donors (Lipinski definition) is 2. The molecule has 0 aromatic heterocycles. The zero-order valence-electron chi connectivity index (χ0n) is 9.30. The summed E-state index contributed by atoms with van der Waals surface area (Å²) in [5.41, 5.74) is 0.697. The standard InChI is InChI=1S/C12H14ClIN2O/c13-10-6-9(14)3-4-11(10)16-12(17)8-2-1-5-15-7-8/h3-4,6,8,15H,1-2,5,7H2,(H,16,17)/t8-/m0/s1. The first kappa shape index (κ1) is 13.1. The zero-order chi connectivity index (χ0) is 12.3. The number of hydrogen-bond acceptors (Lipinski definition) is 2. The third kappa shape index (κ3) is 3.56. The van der Waals surface area contributed by atoms with Crippen LogP contribution < -0.4 is 10.6 Å². The van der Waals surface area contributed by atoms with Crippen LogP contribution in [0.2, 0.25) is 5.02 Å². The fourth-order valence-corrected chi connectivity index (χ4v) is 2.80. The van der Waals surface area contributed by atoms with Crippen molar-refractivity contribution in [2.75, 3.05) is 18.4 Å². The van der Waals surface area contributed by atoms with E-state index in [1.54, 1.807) is 0 Å². The molecule has 1 aliphatic rings. The molecule has 0 bridgehead atoms. The summed E-state index contributed by atoms with van der Waals surface area (Å²) in [5.74, 6) is 0.111. The van der Waals surface area contributed by atoms with Crippen molar-refractivity contribution in [1.82, 2.24) is 5.32 Å². The molecule has 1 fully saturated rings. The number of carbonyl (C=O) groups is 1. The van der Waals surface area contributed by atoms with Crippen molar-refractivity contribution in [3.8, 4) is 0 Å². The highest BCUT2D eigenvalue weighted by atomic mass is 127. The van der Waals surface area contributed by atoms with Crippen molar-refractivity contribution in [3.63, 3.8) is 0 Å². The first-order chi connectivity index (χ1) is 8.16. The van der Waals surface area contributed by atoms with Gasteiger partial charge in [-0.05, 0) is 60.2 Å². The van der Waals surface area contributed by atoms with Crippen LogP contribution in [0.4, 0.5) is 5.69 Å². The van der Waals surface area contributed by atoms with Gasteiger partial charge in [0.2, 0.25) is 5.91 Å². The van der Waals surface area contributed by atoms with Gasteiger partial charge in [0.15, 0.2) is 0 Å². The average molecular weight is 365 g/mol. The van der Waals surface area contributed by atoms with Crippen LogP contribution in [0.5, 0.6) is 0 Å². The highest BCUT2D eigenvalue weighted by Gasteiger charge is 2.21. The topological polar surface area (TPSA) is 41.1 Å². The molecule has 0 aliphatic carbocycles. The molecule has 2 rings (SSSR count). The zero-order valence-corrected chi connectivity index (χ0v) is 12.2. The van der Waals surface area contributed by atoms with Crippen LogP contribution in [0.25, 0.3) is 0 Å². The van der Waals surface area contributed by atoms with E-state index < -0.39 is 0 Å². The normalized spacial score (nSPS) is 20.0. The lowest BCUT2D eigenvalue weighted by molar-refractivity contribution is -0.120. The monoisotopic (exact) mass is 364 g/mol. The number of piperidine rings is 1. The summed E-state index contributed by atoms with van der Waals surface area (Å²) < 4.78 is 1.06. The maximum atomic E-state index is 12.0. The molecule has 5 heteroatoms. The van der Waals surface area contributed by atoms with Crippen LogP contribution in [0.15, 0.2) is 18.2 Å². The number of anilines is 1. The number of amides is 1. The van der Waals surface area contributed by atoms with Crippen molar-refractivity contribution in [1.29, 1.82) is 0 Å². The molecular weight excluding hydrogens is 351 g/mol. The summed E-state index contributed by atoms with van der Waals surface area (Å²) in [4.78, 5) is 12.0. The number of nitrogens with one attached hydrogen (secondary N) is 2. The highest BCUT2D eigenvalue weighted by molar-refractivity contribution is 14.1. The van der Waals surface area contributed by atoms with Gasteiger partial charge in [-0.2, -0.15) is 0 Å². The van der Waals surface area contributed by atoms with E-state index in [4.69, 9.17) is 11.6 Å². The molecule has 1 heterocycles. The van der Waals surface area contributed by atoms with E-state index in [1.165, 1.54) is 0 Å². The molecule has 1 amide bonds. The summed E-state index contributed by atoms with van der Waals surface area (Å²) in [6.45, 7) is 1.77. The Morgan fingerprint density at radius 1 is 1.53 bits per heavy atom. The predicted octanol–water partition coefficient (Wildman–Crippen LogP) is 2.88. The fraction of sp³-hybridized carbons (Fsp3) is 0.417. The molecule has 1 aliphatic heterocycles. The molecule has 1 aromatic rings. The average Bonchev–Trinajstić information content (AvgIpc) is 2.34. The van der Waals surface area contributed by atoms with Crippen LogP contribution in [0.3, 0.4) is 0 Å². The maximum Gasteiger partial charge on any atom is 0.228 e. The summed E-state index contributed by atoms with van der Waals surface area (Å²) >= 11 is 8.27. The second kappa shape index (κ2) is 6.02. The molecule has 1 atom stereocenters. The molecule has 2 N–H and O–H groups in total. The second-order valence-corrected chi connectivity index (χ2v) is 5.81. The molecule has 3 nitrogen and oxygen atoms in total. The van der Waals surface area contributed by atoms with Crippen LogP contribution >= 0.6 is 34.2 Å². The van der Waals surface area contributed by atoms with Gasteiger partial charge in [0.25, 0.3) is 0 Å². The largest absolute Gasteiger partial charge is 0.324 e. The minimum atomic E-state index is 0.0547. The first-order valence-corrected chi connectivity index (χ1v) is 7.09. The number of rotatable bonds is 2. The van der Waals surface area contributed by atoms with Gasteiger partial charge in [-0.3, -0.25) is 4.79 Å².